The second kappa shape index (κ2) is 5.38. The van der Waals surface area contributed by atoms with Crippen LogP contribution in [0, 0.1) is 11.5 Å². The van der Waals surface area contributed by atoms with Crippen LogP contribution in [-0.4, -0.2) is 28.5 Å². The van der Waals surface area contributed by atoms with E-state index in [4.69, 9.17) is 5.26 Å². The van der Waals surface area contributed by atoms with Crippen molar-refractivity contribution in [3.05, 3.63) is 36.5 Å². The Morgan fingerprint density at radius 3 is 3.00 bits per heavy atom. The summed E-state index contributed by atoms with van der Waals surface area (Å²) < 4.78 is 0. The van der Waals surface area contributed by atoms with E-state index in [0.29, 0.717) is 0 Å². The summed E-state index contributed by atoms with van der Waals surface area (Å²) in [4.78, 5) is 6.33. The molecule has 0 bridgehead atoms. The highest BCUT2D eigenvalue weighted by atomic mass is 15.2. The second-order valence-corrected chi connectivity index (χ2v) is 5.35. The van der Waals surface area contributed by atoms with E-state index in [-0.39, 0.29) is 12.1 Å². The van der Waals surface area contributed by atoms with Crippen molar-refractivity contribution in [2.45, 2.75) is 31.8 Å². The molecule has 3 rings (SSSR count). The first-order valence-corrected chi connectivity index (χ1v) is 7.05. The molecule has 2 aromatic rings. The van der Waals surface area contributed by atoms with Gasteiger partial charge in [0.2, 0.25) is 0 Å². The summed E-state index contributed by atoms with van der Waals surface area (Å²) in [5.74, 6) is 0.876. The molecule has 1 aliphatic heterocycles. The topological polar surface area (TPSA) is 52.0 Å². The predicted octanol–water partition coefficient (Wildman–Crippen LogP) is 2.98. The number of nitrogens with one attached hydrogen (secondary N) is 1. The van der Waals surface area contributed by atoms with E-state index in [2.05, 4.69) is 41.6 Å². The number of rotatable bonds is 3. The molecule has 2 unspecified atom stereocenters. The fourth-order valence-electron chi connectivity index (χ4n) is 2.93. The minimum Gasteiger partial charge on any atom is -0.366 e. The van der Waals surface area contributed by atoms with Crippen LogP contribution in [0.1, 0.15) is 19.8 Å². The van der Waals surface area contributed by atoms with Crippen LogP contribution in [0.5, 0.6) is 0 Å². The van der Waals surface area contributed by atoms with Crippen LogP contribution >= 0.6 is 0 Å². The molecule has 20 heavy (non-hydrogen) atoms. The van der Waals surface area contributed by atoms with Gasteiger partial charge in [0.1, 0.15) is 5.82 Å². The minimum atomic E-state index is 0.214. The van der Waals surface area contributed by atoms with Crippen molar-refractivity contribution in [2.24, 2.45) is 0 Å². The van der Waals surface area contributed by atoms with Gasteiger partial charge in [-0.2, -0.15) is 5.26 Å². The van der Waals surface area contributed by atoms with Crippen molar-refractivity contribution < 1.29 is 0 Å². The molecule has 1 aromatic carbocycles. The second-order valence-electron chi connectivity index (χ2n) is 5.35. The van der Waals surface area contributed by atoms with Gasteiger partial charge in [-0.15, -0.1) is 0 Å². The zero-order valence-electron chi connectivity index (χ0n) is 11.6. The molecule has 1 fully saturated rings. The number of nitrogens with zero attached hydrogens (tertiary/aromatic N) is 3. The van der Waals surface area contributed by atoms with Gasteiger partial charge in [-0.25, -0.2) is 4.98 Å². The average molecular weight is 266 g/mol. The minimum absolute atomic E-state index is 0.214. The molecule has 1 aromatic heterocycles. The first kappa shape index (κ1) is 12.7. The number of pyridine rings is 1. The van der Waals surface area contributed by atoms with Gasteiger partial charge >= 0.3 is 0 Å². The van der Waals surface area contributed by atoms with Crippen LogP contribution in [0.25, 0.3) is 10.8 Å². The number of nitriles is 1. The van der Waals surface area contributed by atoms with Crippen molar-refractivity contribution in [2.75, 3.05) is 11.9 Å². The standard InChI is InChI=1S/C16H18N4/c1-12(15-7-4-8-20(15)11-17)19-16-9-13-5-2-3-6-14(13)10-18-16/h2-3,5-6,9-10,12,15H,4,7-8H2,1H3,(H,18,19). The van der Waals surface area contributed by atoms with Gasteiger partial charge in [-0.3, -0.25) is 0 Å². The zero-order valence-corrected chi connectivity index (χ0v) is 11.6. The van der Waals surface area contributed by atoms with Gasteiger partial charge in [-0.05, 0) is 31.2 Å². The van der Waals surface area contributed by atoms with Crippen molar-refractivity contribution in [1.82, 2.24) is 9.88 Å². The van der Waals surface area contributed by atoms with E-state index in [1.165, 1.54) is 5.39 Å². The molecule has 1 aliphatic rings. The molecular formula is C16H18N4. The molecule has 0 spiro atoms. The first-order chi connectivity index (χ1) is 9.78. The maximum absolute atomic E-state index is 9.13. The molecule has 0 saturated carbocycles. The summed E-state index contributed by atoms with van der Waals surface area (Å²) in [5, 5.41) is 14.9. The lowest BCUT2D eigenvalue weighted by atomic mass is 10.1. The quantitative estimate of drug-likeness (QED) is 0.868. The summed E-state index contributed by atoms with van der Waals surface area (Å²) in [6.07, 6.45) is 6.33. The van der Waals surface area contributed by atoms with Gasteiger partial charge in [-0.1, -0.05) is 24.3 Å². The zero-order chi connectivity index (χ0) is 13.9. The van der Waals surface area contributed by atoms with Crippen LogP contribution in [-0.2, 0) is 0 Å². The molecule has 2 heterocycles. The van der Waals surface area contributed by atoms with E-state index >= 15 is 0 Å². The Bertz CT molecular complexity index is 646. The predicted molar refractivity (Wildman–Crippen MR) is 80.2 cm³/mol. The lowest BCUT2D eigenvalue weighted by Gasteiger charge is -2.26. The smallest absolute Gasteiger partial charge is 0.179 e. The maximum Gasteiger partial charge on any atom is 0.179 e. The number of fused-ring (bicyclic) bond motifs is 1. The summed E-state index contributed by atoms with van der Waals surface area (Å²) >= 11 is 0. The molecule has 4 nitrogen and oxygen atoms in total. The van der Waals surface area contributed by atoms with Gasteiger partial charge in [0.15, 0.2) is 6.19 Å². The third-order valence-corrected chi connectivity index (χ3v) is 4.01. The third kappa shape index (κ3) is 2.39. The van der Waals surface area contributed by atoms with Crippen LogP contribution in [0.3, 0.4) is 0 Å². The number of hydrogen-bond donors (Lipinski definition) is 1. The molecule has 0 amide bonds. The van der Waals surface area contributed by atoms with Crippen molar-refractivity contribution in [3.63, 3.8) is 0 Å². The molecular weight excluding hydrogens is 248 g/mol. The lowest BCUT2D eigenvalue weighted by Crippen LogP contribution is -2.39. The monoisotopic (exact) mass is 266 g/mol. The highest BCUT2D eigenvalue weighted by molar-refractivity contribution is 5.83. The van der Waals surface area contributed by atoms with Crippen LogP contribution < -0.4 is 5.32 Å². The van der Waals surface area contributed by atoms with Gasteiger partial charge < -0.3 is 10.2 Å². The van der Waals surface area contributed by atoms with Gasteiger partial charge in [0.25, 0.3) is 0 Å². The highest BCUT2D eigenvalue weighted by Gasteiger charge is 2.28. The average Bonchev–Trinajstić information content (AvgIpc) is 2.95. The largest absolute Gasteiger partial charge is 0.366 e. The molecule has 1 saturated heterocycles. The van der Waals surface area contributed by atoms with Crippen molar-refractivity contribution >= 4 is 16.6 Å². The van der Waals surface area contributed by atoms with Gasteiger partial charge in [0, 0.05) is 24.2 Å². The number of benzene rings is 1. The fraction of sp³-hybridized carbons (Fsp3) is 0.375. The normalized spacial score (nSPS) is 19.8. The molecule has 4 heteroatoms. The Kier molecular flexibility index (Phi) is 3.42. The van der Waals surface area contributed by atoms with E-state index < -0.39 is 0 Å². The van der Waals surface area contributed by atoms with E-state index in [0.717, 1.165) is 30.6 Å². The molecule has 0 radical (unpaired) electrons. The highest BCUT2D eigenvalue weighted by Crippen LogP contribution is 2.22. The fourth-order valence-corrected chi connectivity index (χ4v) is 2.93. The summed E-state index contributed by atoms with van der Waals surface area (Å²) in [7, 11) is 0. The van der Waals surface area contributed by atoms with E-state index in [1.807, 2.05) is 23.2 Å². The Morgan fingerprint density at radius 1 is 1.40 bits per heavy atom. The Balaban J connectivity index is 1.77. The number of aromatic nitrogens is 1. The van der Waals surface area contributed by atoms with Crippen LogP contribution in [0.4, 0.5) is 5.82 Å². The van der Waals surface area contributed by atoms with Crippen molar-refractivity contribution in [1.29, 1.82) is 5.26 Å². The lowest BCUT2D eigenvalue weighted by molar-refractivity contribution is 0.336. The summed E-state index contributed by atoms with van der Waals surface area (Å²) in [6, 6.07) is 10.7. The molecule has 2 atom stereocenters. The first-order valence-electron chi connectivity index (χ1n) is 7.05. The number of hydrogen-bond acceptors (Lipinski definition) is 4. The molecule has 1 N–H and O–H groups in total. The molecule has 102 valence electrons. The molecule has 0 aliphatic carbocycles. The van der Waals surface area contributed by atoms with Crippen molar-refractivity contribution in [3.8, 4) is 6.19 Å². The maximum atomic E-state index is 9.13. The van der Waals surface area contributed by atoms with E-state index in [9.17, 15) is 0 Å². The number of anilines is 1. The third-order valence-electron chi connectivity index (χ3n) is 4.01. The SMILES string of the molecule is CC(Nc1cc2ccccc2cn1)C1CCCN1C#N. The summed E-state index contributed by atoms with van der Waals surface area (Å²) in [6.45, 7) is 3.00. The Labute approximate surface area is 119 Å². The summed E-state index contributed by atoms with van der Waals surface area (Å²) in [5.41, 5.74) is 0. The Hall–Kier alpha value is -2.28. The van der Waals surface area contributed by atoms with Gasteiger partial charge in [0.05, 0.1) is 6.04 Å². The number of likely N-dealkylation sites (tertiary alicyclic amines) is 1. The Morgan fingerprint density at radius 2 is 2.20 bits per heavy atom. The van der Waals surface area contributed by atoms with E-state index in [1.54, 1.807) is 0 Å². The van der Waals surface area contributed by atoms with Crippen LogP contribution in [0.15, 0.2) is 36.5 Å². The van der Waals surface area contributed by atoms with Crippen LogP contribution in [0.2, 0.25) is 0 Å².